The van der Waals surface area contributed by atoms with Crippen LogP contribution in [0.2, 0.25) is 0 Å². The molecule has 0 saturated carbocycles. The van der Waals surface area contributed by atoms with Gasteiger partial charge in [-0.05, 0) is 11.0 Å². The summed E-state index contributed by atoms with van der Waals surface area (Å²) in [5, 5.41) is 18.7. The molecule has 2 atom stereocenters. The summed E-state index contributed by atoms with van der Waals surface area (Å²) in [5.74, 6) is -4.44. The third-order valence-corrected chi connectivity index (χ3v) is 7.38. The molecule has 3 heterocycles. The van der Waals surface area contributed by atoms with Crippen molar-refractivity contribution in [2.45, 2.75) is 17.6 Å². The number of aliphatic carboxylic acids is 1. The van der Waals surface area contributed by atoms with E-state index in [0.29, 0.717) is 28.4 Å². The summed E-state index contributed by atoms with van der Waals surface area (Å²) >= 11 is 3.16. The van der Waals surface area contributed by atoms with Gasteiger partial charge in [-0.15, -0.1) is 34.9 Å². The smallest absolute Gasteiger partial charge is 0.471 e. The normalized spacial score (nSPS) is 20.1. The van der Waals surface area contributed by atoms with Crippen LogP contribution in [-0.4, -0.2) is 80.6 Å². The molecule has 1 saturated heterocycles. The average Bonchev–Trinajstić information content (AvgIpc) is 3.25. The zero-order valence-electron chi connectivity index (χ0n) is 17.6. The van der Waals surface area contributed by atoms with E-state index in [9.17, 15) is 37.5 Å². The molecule has 35 heavy (non-hydrogen) atoms. The number of nitrogens with one attached hydrogen (secondary N) is 2. The number of hydrogen-bond acceptors (Lipinski definition) is 10. The van der Waals surface area contributed by atoms with Crippen molar-refractivity contribution in [2.24, 2.45) is 5.16 Å². The maximum atomic E-state index is 12.8. The predicted octanol–water partition coefficient (Wildman–Crippen LogP) is 1.61. The van der Waals surface area contributed by atoms with Gasteiger partial charge in [-0.3, -0.25) is 24.6 Å². The summed E-state index contributed by atoms with van der Waals surface area (Å²) in [6.07, 6.45) is -5.13. The number of hydrogen-bond donors (Lipinski definition) is 3. The first-order chi connectivity index (χ1) is 16.5. The summed E-state index contributed by atoms with van der Waals surface area (Å²) in [4.78, 5) is 57.9. The van der Waals surface area contributed by atoms with Crippen molar-refractivity contribution in [2.75, 3.05) is 23.9 Å². The summed E-state index contributed by atoms with van der Waals surface area (Å²) < 4.78 is 37.3. The summed E-state index contributed by atoms with van der Waals surface area (Å²) in [6.45, 7) is 3.57. The third kappa shape index (κ3) is 5.62. The van der Waals surface area contributed by atoms with Gasteiger partial charge in [0.05, 0.1) is 0 Å². The lowest BCUT2D eigenvalue weighted by Crippen LogP contribution is -2.71. The number of rotatable bonds is 9. The van der Waals surface area contributed by atoms with E-state index in [1.807, 2.05) is 0 Å². The van der Waals surface area contributed by atoms with Crippen LogP contribution in [0.3, 0.4) is 0 Å². The Morgan fingerprint density at radius 3 is 2.77 bits per heavy atom. The van der Waals surface area contributed by atoms with Crippen molar-refractivity contribution >= 4 is 69.4 Å². The molecule has 1 aromatic rings. The van der Waals surface area contributed by atoms with Gasteiger partial charge in [-0.25, -0.2) is 9.78 Å². The Hall–Kier alpha value is -3.05. The number of carbonyl (C=O) groups excluding carboxylic acids is 3. The number of thiazole rings is 1. The monoisotopic (exact) mass is 551 g/mol. The number of halogens is 3. The van der Waals surface area contributed by atoms with Gasteiger partial charge in [0.1, 0.15) is 29.9 Å². The quantitative estimate of drug-likeness (QED) is 0.236. The number of anilines is 1. The van der Waals surface area contributed by atoms with Crippen LogP contribution in [0.15, 0.2) is 33.8 Å². The van der Waals surface area contributed by atoms with Crippen molar-refractivity contribution in [3.05, 3.63) is 34.3 Å². The van der Waals surface area contributed by atoms with Gasteiger partial charge in [0.2, 0.25) is 0 Å². The first kappa shape index (κ1) is 26.6. The number of oxime groups is 1. The molecule has 1 unspecified atom stereocenters. The second-order valence-corrected chi connectivity index (χ2v) is 9.63. The van der Waals surface area contributed by atoms with Crippen LogP contribution in [0, 0.1) is 0 Å². The molecular formula is C18H16F3N5O6S3. The number of amides is 3. The number of β-lactam (4-membered cyclic amide) rings is 1. The molecule has 188 valence electrons. The van der Waals surface area contributed by atoms with E-state index in [1.165, 1.54) is 28.9 Å². The van der Waals surface area contributed by atoms with Gasteiger partial charge < -0.3 is 15.3 Å². The first-order valence-corrected chi connectivity index (χ1v) is 12.4. The molecule has 3 amide bonds. The third-order valence-electron chi connectivity index (χ3n) is 4.53. The maximum absolute atomic E-state index is 12.8. The number of carboxylic acid groups (broad SMARTS) is 1. The molecule has 3 N–H and O–H groups in total. The van der Waals surface area contributed by atoms with E-state index in [0.717, 1.165) is 12.0 Å². The SMILES string of the molecule is C=CSCC1=C(C(=O)O)N2C(=O)C(NC(=O)C(=NOC)c3csc(NC(=O)C(F)(F)F)n3)[C@@H]2SC1. The zero-order chi connectivity index (χ0) is 25.9. The molecule has 0 aliphatic carbocycles. The highest BCUT2D eigenvalue weighted by molar-refractivity contribution is 8.02. The number of aromatic nitrogens is 1. The van der Waals surface area contributed by atoms with Gasteiger partial charge >= 0.3 is 18.1 Å². The Balaban J connectivity index is 1.75. The topological polar surface area (TPSA) is 150 Å². The van der Waals surface area contributed by atoms with Crippen molar-refractivity contribution in [1.29, 1.82) is 0 Å². The summed E-state index contributed by atoms with van der Waals surface area (Å²) in [7, 11) is 1.12. The summed E-state index contributed by atoms with van der Waals surface area (Å²) in [6, 6.07) is -1.08. The van der Waals surface area contributed by atoms with Crippen LogP contribution in [0.4, 0.5) is 18.3 Å². The molecule has 3 rings (SSSR count). The van der Waals surface area contributed by atoms with Crippen LogP contribution in [0.25, 0.3) is 0 Å². The molecule has 0 bridgehead atoms. The highest BCUT2D eigenvalue weighted by atomic mass is 32.2. The van der Waals surface area contributed by atoms with E-state index < -0.39 is 52.1 Å². The van der Waals surface area contributed by atoms with E-state index in [-0.39, 0.29) is 11.4 Å². The molecule has 0 radical (unpaired) electrons. The minimum absolute atomic E-state index is 0.145. The fourth-order valence-corrected chi connectivity index (χ4v) is 5.79. The maximum Gasteiger partial charge on any atom is 0.471 e. The van der Waals surface area contributed by atoms with Crippen molar-refractivity contribution in [1.82, 2.24) is 15.2 Å². The Bertz CT molecular complexity index is 1140. The molecule has 1 aromatic heterocycles. The fourth-order valence-electron chi connectivity index (χ4n) is 3.07. The minimum atomic E-state index is -5.13. The van der Waals surface area contributed by atoms with Gasteiger partial charge in [-0.1, -0.05) is 11.7 Å². The summed E-state index contributed by atoms with van der Waals surface area (Å²) in [5.41, 5.74) is -0.268. The molecule has 2 aliphatic rings. The Kier molecular flexibility index (Phi) is 8.11. The van der Waals surface area contributed by atoms with E-state index in [4.69, 9.17) is 0 Å². The van der Waals surface area contributed by atoms with Crippen LogP contribution in [0.5, 0.6) is 0 Å². The lowest BCUT2D eigenvalue weighted by atomic mass is 10.0. The Labute approximate surface area is 207 Å². The first-order valence-electron chi connectivity index (χ1n) is 9.38. The zero-order valence-corrected chi connectivity index (χ0v) is 20.1. The molecule has 11 nitrogen and oxygen atoms in total. The molecule has 0 spiro atoms. The van der Waals surface area contributed by atoms with Crippen molar-refractivity contribution in [3.63, 3.8) is 0 Å². The van der Waals surface area contributed by atoms with E-state index in [1.54, 1.807) is 10.7 Å². The molecule has 1 fully saturated rings. The van der Waals surface area contributed by atoms with Crippen LogP contribution in [-0.2, 0) is 24.0 Å². The standard InChI is InChI=1S/C18H16F3N5O6S3/c1-3-33-4-7-5-34-14-10(13(28)26(14)11(7)15(29)30)23-12(27)9(25-32-2)8-6-35-17(22-8)24-16(31)18(19,20)21/h3,6,10,14H,1,4-5H2,2H3,(H,23,27)(H,29,30)(H,22,24,31)/t10?,14-/m0/s1. The van der Waals surface area contributed by atoms with E-state index in [2.05, 4.69) is 26.9 Å². The number of fused-ring (bicyclic) bond motifs is 1. The fraction of sp³-hybridized carbons (Fsp3) is 0.333. The number of alkyl halides is 3. The number of carboxylic acids is 1. The van der Waals surface area contributed by atoms with Gasteiger partial charge in [-0.2, -0.15) is 13.2 Å². The van der Waals surface area contributed by atoms with Gasteiger partial charge in [0.15, 0.2) is 10.8 Å². The van der Waals surface area contributed by atoms with E-state index >= 15 is 0 Å². The predicted molar refractivity (Wildman–Crippen MR) is 123 cm³/mol. The van der Waals surface area contributed by atoms with Gasteiger partial charge in [0, 0.05) is 16.9 Å². The minimum Gasteiger partial charge on any atom is -0.477 e. The second-order valence-electron chi connectivity index (χ2n) is 6.71. The lowest BCUT2D eigenvalue weighted by Gasteiger charge is -2.49. The number of thioether (sulfide) groups is 2. The van der Waals surface area contributed by atoms with Crippen LogP contribution in [0.1, 0.15) is 5.69 Å². The second kappa shape index (κ2) is 10.7. The molecule has 0 aromatic carbocycles. The number of carbonyl (C=O) groups is 4. The van der Waals surface area contributed by atoms with Gasteiger partial charge in [0.25, 0.3) is 11.8 Å². The lowest BCUT2D eigenvalue weighted by molar-refractivity contribution is -0.167. The highest BCUT2D eigenvalue weighted by Gasteiger charge is 2.54. The van der Waals surface area contributed by atoms with Crippen LogP contribution < -0.4 is 10.6 Å². The highest BCUT2D eigenvalue weighted by Crippen LogP contribution is 2.41. The van der Waals surface area contributed by atoms with Crippen LogP contribution >= 0.6 is 34.9 Å². The molecular weight excluding hydrogens is 535 g/mol. The average molecular weight is 552 g/mol. The van der Waals surface area contributed by atoms with Crippen molar-refractivity contribution < 1.29 is 42.3 Å². The molecule has 2 aliphatic heterocycles. The molecule has 17 heteroatoms. The van der Waals surface area contributed by atoms with Crippen molar-refractivity contribution in [3.8, 4) is 0 Å². The largest absolute Gasteiger partial charge is 0.477 e. The number of nitrogens with zero attached hydrogens (tertiary/aromatic N) is 3. The Morgan fingerprint density at radius 2 is 2.17 bits per heavy atom. The Morgan fingerprint density at radius 1 is 1.46 bits per heavy atom.